The molecule has 0 aliphatic carbocycles. The van der Waals surface area contributed by atoms with E-state index >= 15 is 0 Å². The molecule has 24 heavy (non-hydrogen) atoms. The van der Waals surface area contributed by atoms with Gasteiger partial charge < -0.3 is 14.2 Å². The summed E-state index contributed by atoms with van der Waals surface area (Å²) in [4.78, 5) is 14.5. The maximum absolute atomic E-state index is 14.4. The first-order valence-corrected chi connectivity index (χ1v) is 8.02. The molecule has 1 aliphatic heterocycles. The van der Waals surface area contributed by atoms with Crippen molar-refractivity contribution in [1.82, 2.24) is 19.7 Å². The van der Waals surface area contributed by atoms with Gasteiger partial charge in [-0.3, -0.25) is 4.79 Å². The van der Waals surface area contributed by atoms with Crippen LogP contribution in [0.1, 0.15) is 54.7 Å². The number of ether oxygens (including phenoxy) is 1. The molecular weight excluding hydrogens is 311 g/mol. The molecule has 0 N–H and O–H groups in total. The first kappa shape index (κ1) is 16.4. The minimum Gasteiger partial charge on any atom is -0.494 e. The number of hydrogen-bond donors (Lipinski definition) is 0. The van der Waals surface area contributed by atoms with Gasteiger partial charge in [0.25, 0.3) is 5.91 Å². The second-order valence-electron chi connectivity index (χ2n) is 6.22. The van der Waals surface area contributed by atoms with E-state index in [0.717, 1.165) is 11.6 Å². The van der Waals surface area contributed by atoms with Crippen molar-refractivity contribution in [2.24, 2.45) is 0 Å². The Bertz CT molecular complexity index is 772. The molecule has 1 amide bonds. The van der Waals surface area contributed by atoms with Crippen molar-refractivity contribution in [3.8, 4) is 5.75 Å². The molecule has 0 bridgehead atoms. The highest BCUT2D eigenvalue weighted by Crippen LogP contribution is 2.29. The lowest BCUT2D eigenvalue weighted by atomic mass is 10.1. The fraction of sp³-hybridized carbons (Fsp3) is 0.471. The van der Waals surface area contributed by atoms with Crippen molar-refractivity contribution >= 4 is 5.91 Å². The number of hydrogen-bond acceptors (Lipinski definition) is 4. The van der Waals surface area contributed by atoms with Gasteiger partial charge in [-0.25, -0.2) is 4.39 Å². The van der Waals surface area contributed by atoms with E-state index in [1.807, 2.05) is 6.92 Å². The van der Waals surface area contributed by atoms with E-state index in [4.69, 9.17) is 4.74 Å². The Hall–Kier alpha value is -2.44. The maximum Gasteiger partial charge on any atom is 0.257 e. The zero-order chi connectivity index (χ0) is 17.4. The summed E-state index contributed by atoms with van der Waals surface area (Å²) in [5.74, 6) is 0.983. The van der Waals surface area contributed by atoms with Gasteiger partial charge >= 0.3 is 0 Å². The third-order valence-corrected chi connectivity index (χ3v) is 4.40. The van der Waals surface area contributed by atoms with Crippen molar-refractivity contribution in [2.45, 2.75) is 39.3 Å². The second-order valence-corrected chi connectivity index (χ2v) is 6.22. The summed E-state index contributed by atoms with van der Waals surface area (Å²) in [5, 5.41) is 8.48. The molecule has 2 heterocycles. The predicted molar refractivity (Wildman–Crippen MR) is 86.5 cm³/mol. The van der Waals surface area contributed by atoms with Crippen LogP contribution in [-0.2, 0) is 6.54 Å². The summed E-state index contributed by atoms with van der Waals surface area (Å²) < 4.78 is 21.4. The van der Waals surface area contributed by atoms with Gasteiger partial charge in [0.05, 0.1) is 18.7 Å². The van der Waals surface area contributed by atoms with Crippen LogP contribution < -0.4 is 4.74 Å². The number of carbonyl (C=O) groups is 1. The largest absolute Gasteiger partial charge is 0.494 e. The van der Waals surface area contributed by atoms with Crippen LogP contribution in [0.3, 0.4) is 0 Å². The number of halogens is 1. The Kier molecular flexibility index (Phi) is 4.26. The number of methoxy groups -OCH3 is 1. The number of nitrogens with zero attached hydrogens (tertiary/aromatic N) is 4. The molecule has 1 unspecified atom stereocenters. The SMILES string of the molecule is COc1cccc(C(=O)N2CCn3c(C(C)C)nnc3C2C)c1F. The molecule has 2 aromatic rings. The van der Waals surface area contributed by atoms with Gasteiger partial charge in [-0.15, -0.1) is 10.2 Å². The lowest BCUT2D eigenvalue weighted by molar-refractivity contribution is 0.0630. The van der Waals surface area contributed by atoms with Crippen LogP contribution in [-0.4, -0.2) is 39.2 Å². The van der Waals surface area contributed by atoms with Crippen LogP contribution in [0.2, 0.25) is 0 Å². The third-order valence-electron chi connectivity index (χ3n) is 4.40. The Morgan fingerprint density at radius 2 is 2.08 bits per heavy atom. The normalized spacial score (nSPS) is 17.1. The lowest BCUT2D eigenvalue weighted by Crippen LogP contribution is -2.42. The second kappa shape index (κ2) is 6.22. The summed E-state index contributed by atoms with van der Waals surface area (Å²) in [6, 6.07) is 4.32. The summed E-state index contributed by atoms with van der Waals surface area (Å²) in [6.07, 6.45) is 0. The summed E-state index contributed by atoms with van der Waals surface area (Å²) >= 11 is 0. The first-order chi connectivity index (χ1) is 11.5. The van der Waals surface area contributed by atoms with Crippen molar-refractivity contribution in [1.29, 1.82) is 0 Å². The minimum absolute atomic E-state index is 0.0123. The van der Waals surface area contributed by atoms with Crippen molar-refractivity contribution in [3.63, 3.8) is 0 Å². The summed E-state index contributed by atoms with van der Waals surface area (Å²) in [6.45, 7) is 7.11. The van der Waals surface area contributed by atoms with Crippen LogP contribution in [0.25, 0.3) is 0 Å². The number of benzene rings is 1. The fourth-order valence-electron chi connectivity index (χ4n) is 3.10. The lowest BCUT2D eigenvalue weighted by Gasteiger charge is -2.34. The molecule has 0 saturated carbocycles. The van der Waals surface area contributed by atoms with Crippen molar-refractivity contribution < 1.29 is 13.9 Å². The molecule has 3 rings (SSSR count). The van der Waals surface area contributed by atoms with Crippen LogP contribution in [0.4, 0.5) is 4.39 Å². The zero-order valence-electron chi connectivity index (χ0n) is 14.3. The van der Waals surface area contributed by atoms with Gasteiger partial charge in [-0.1, -0.05) is 19.9 Å². The van der Waals surface area contributed by atoms with Gasteiger partial charge in [0.15, 0.2) is 17.4 Å². The standard InChI is InChI=1S/C17H21FN4O2/c1-10(2)15-19-20-16-11(3)21(8-9-22(15)16)17(23)12-6-5-7-13(24-4)14(12)18/h5-7,10-11H,8-9H2,1-4H3. The Morgan fingerprint density at radius 3 is 2.75 bits per heavy atom. The molecule has 0 radical (unpaired) electrons. The Morgan fingerprint density at radius 1 is 1.33 bits per heavy atom. The monoisotopic (exact) mass is 332 g/mol. The Balaban J connectivity index is 1.92. The quantitative estimate of drug-likeness (QED) is 0.867. The van der Waals surface area contributed by atoms with E-state index in [0.29, 0.717) is 13.1 Å². The average molecular weight is 332 g/mol. The van der Waals surface area contributed by atoms with Crippen LogP contribution in [0, 0.1) is 5.82 Å². The highest BCUT2D eigenvalue weighted by Gasteiger charge is 2.33. The molecule has 0 saturated heterocycles. The molecule has 128 valence electrons. The van der Waals surface area contributed by atoms with E-state index < -0.39 is 5.82 Å². The summed E-state index contributed by atoms with van der Waals surface area (Å²) in [7, 11) is 1.38. The van der Waals surface area contributed by atoms with Gasteiger partial charge in [0.2, 0.25) is 0 Å². The predicted octanol–water partition coefficient (Wildman–Crippen LogP) is 2.77. The summed E-state index contributed by atoms with van der Waals surface area (Å²) in [5.41, 5.74) is 0.0123. The van der Waals surface area contributed by atoms with E-state index in [9.17, 15) is 9.18 Å². The highest BCUT2D eigenvalue weighted by molar-refractivity contribution is 5.95. The van der Waals surface area contributed by atoms with Gasteiger partial charge in [-0.05, 0) is 19.1 Å². The molecule has 1 aliphatic rings. The topological polar surface area (TPSA) is 60.2 Å². The van der Waals surface area contributed by atoms with Gasteiger partial charge in [-0.2, -0.15) is 0 Å². The molecule has 1 aromatic carbocycles. The van der Waals surface area contributed by atoms with Crippen LogP contribution >= 0.6 is 0 Å². The number of aromatic nitrogens is 3. The van der Waals surface area contributed by atoms with E-state index in [-0.39, 0.29) is 29.2 Å². The van der Waals surface area contributed by atoms with Crippen molar-refractivity contribution in [3.05, 3.63) is 41.2 Å². The number of amides is 1. The average Bonchev–Trinajstić information content (AvgIpc) is 3.00. The minimum atomic E-state index is -0.632. The van der Waals surface area contributed by atoms with Crippen LogP contribution in [0.15, 0.2) is 18.2 Å². The van der Waals surface area contributed by atoms with E-state index in [1.54, 1.807) is 11.0 Å². The third kappa shape index (κ3) is 2.53. The molecule has 6 nitrogen and oxygen atoms in total. The highest BCUT2D eigenvalue weighted by atomic mass is 19.1. The number of carbonyl (C=O) groups excluding carboxylic acids is 1. The van der Waals surface area contributed by atoms with Gasteiger partial charge in [0.1, 0.15) is 5.82 Å². The van der Waals surface area contributed by atoms with Crippen molar-refractivity contribution in [2.75, 3.05) is 13.7 Å². The number of rotatable bonds is 3. The van der Waals surface area contributed by atoms with E-state index in [1.165, 1.54) is 19.2 Å². The van der Waals surface area contributed by atoms with E-state index in [2.05, 4.69) is 28.6 Å². The number of fused-ring (bicyclic) bond motifs is 1. The zero-order valence-corrected chi connectivity index (χ0v) is 14.3. The fourth-order valence-corrected chi connectivity index (χ4v) is 3.10. The first-order valence-electron chi connectivity index (χ1n) is 8.02. The molecule has 0 spiro atoms. The molecule has 1 atom stereocenters. The smallest absolute Gasteiger partial charge is 0.257 e. The molecular formula is C17H21FN4O2. The molecule has 0 fully saturated rings. The Labute approximate surface area is 140 Å². The van der Waals surface area contributed by atoms with Crippen LogP contribution in [0.5, 0.6) is 5.75 Å². The maximum atomic E-state index is 14.4. The molecule has 7 heteroatoms. The molecule has 1 aromatic heterocycles. The van der Waals surface area contributed by atoms with Gasteiger partial charge in [0, 0.05) is 19.0 Å².